The number of benzene rings is 1. The molecule has 1 aliphatic carbocycles. The highest BCUT2D eigenvalue weighted by molar-refractivity contribution is 5.88. The molecule has 11 nitrogen and oxygen atoms in total. The number of hydrogen-bond donors (Lipinski definition) is 3. The number of fused-ring (bicyclic) bond motifs is 1. The van der Waals surface area contributed by atoms with Gasteiger partial charge in [0.2, 0.25) is 5.91 Å². The Bertz CT molecular complexity index is 1210. The van der Waals surface area contributed by atoms with Crippen LogP contribution in [0.5, 0.6) is 0 Å². The van der Waals surface area contributed by atoms with E-state index in [0.29, 0.717) is 32.2 Å². The molecule has 2 aliphatic heterocycles. The second-order valence-corrected chi connectivity index (χ2v) is 10.9. The van der Waals surface area contributed by atoms with Gasteiger partial charge in [-0.15, -0.1) is 0 Å². The van der Waals surface area contributed by atoms with Crippen LogP contribution in [0.4, 0.5) is 10.6 Å². The van der Waals surface area contributed by atoms with E-state index in [1.165, 1.54) is 10.1 Å². The van der Waals surface area contributed by atoms with E-state index in [-0.39, 0.29) is 17.8 Å². The predicted molar refractivity (Wildman–Crippen MR) is 145 cm³/mol. The summed E-state index contributed by atoms with van der Waals surface area (Å²) >= 11 is 0. The molecule has 1 aromatic heterocycles. The average molecular weight is 523 g/mol. The van der Waals surface area contributed by atoms with E-state index in [2.05, 4.69) is 34.3 Å². The van der Waals surface area contributed by atoms with Crippen LogP contribution in [0.25, 0.3) is 5.69 Å². The first kappa shape index (κ1) is 26.3. The van der Waals surface area contributed by atoms with E-state index in [9.17, 15) is 14.4 Å². The van der Waals surface area contributed by atoms with Gasteiger partial charge in [-0.25, -0.2) is 9.59 Å². The molecule has 1 aromatic carbocycles. The molecule has 11 heteroatoms. The first-order valence-electron chi connectivity index (χ1n) is 13.5. The number of nitrogens with zero attached hydrogens (tertiary/aromatic N) is 5. The lowest BCUT2D eigenvalue weighted by Gasteiger charge is -2.35. The summed E-state index contributed by atoms with van der Waals surface area (Å²) in [6.07, 6.45) is 2.57. The second kappa shape index (κ2) is 10.8. The van der Waals surface area contributed by atoms with E-state index in [1.807, 2.05) is 12.1 Å². The van der Waals surface area contributed by atoms with Crippen LogP contribution in [0.3, 0.4) is 0 Å². The van der Waals surface area contributed by atoms with Crippen LogP contribution >= 0.6 is 0 Å². The van der Waals surface area contributed by atoms with Crippen molar-refractivity contribution in [1.82, 2.24) is 24.3 Å². The summed E-state index contributed by atoms with van der Waals surface area (Å²) in [4.78, 5) is 47.3. The number of hydrogen-bond acceptors (Lipinski definition) is 7. The molecule has 3 heterocycles. The van der Waals surface area contributed by atoms with Crippen molar-refractivity contribution in [3.63, 3.8) is 0 Å². The van der Waals surface area contributed by atoms with Gasteiger partial charge in [-0.3, -0.25) is 19.6 Å². The Morgan fingerprint density at radius 2 is 1.66 bits per heavy atom. The van der Waals surface area contributed by atoms with Crippen LogP contribution in [0, 0.1) is 17.8 Å². The second-order valence-electron chi connectivity index (χ2n) is 10.9. The Morgan fingerprint density at radius 1 is 1.03 bits per heavy atom. The molecule has 0 bridgehead atoms. The van der Waals surface area contributed by atoms with Crippen LogP contribution in [0.15, 0.2) is 41.3 Å². The highest BCUT2D eigenvalue weighted by Crippen LogP contribution is 2.51. The fourth-order valence-electron chi connectivity index (χ4n) is 5.93. The highest BCUT2D eigenvalue weighted by Gasteiger charge is 2.55. The van der Waals surface area contributed by atoms with Gasteiger partial charge in [-0.1, -0.05) is 12.1 Å². The summed E-state index contributed by atoms with van der Waals surface area (Å²) in [7, 11) is 0. The van der Waals surface area contributed by atoms with E-state index in [1.54, 1.807) is 29.0 Å². The third-order valence-corrected chi connectivity index (χ3v) is 8.35. The molecule has 2 unspecified atom stereocenters. The normalized spacial score (nSPS) is 24.6. The standard InChI is InChI=1S/C27H38N8O3/c1-17(34-15-22-21(14-28)23(22)16-34)13-19-3-5-20(6-4-19)35-8-7-24(31-27(35)38)30-26(37)33-11-9-32(10-12-33)25(36)18(2)29/h3-8,17-18,21-23H,9-16,28-29H2,1-2H3,(H,30,31,37,38)/t17?,18?,21-,22-,23+. The summed E-state index contributed by atoms with van der Waals surface area (Å²) in [5.41, 5.74) is 13.0. The van der Waals surface area contributed by atoms with Crippen LogP contribution in [0.1, 0.15) is 19.4 Å². The molecule has 3 fully saturated rings. The van der Waals surface area contributed by atoms with Crippen LogP contribution in [-0.2, 0) is 11.2 Å². The summed E-state index contributed by atoms with van der Waals surface area (Å²) in [6.45, 7) is 8.67. The minimum Gasteiger partial charge on any atom is -0.338 e. The number of amides is 3. The Balaban J connectivity index is 1.14. The Labute approximate surface area is 222 Å². The van der Waals surface area contributed by atoms with Crippen molar-refractivity contribution in [2.24, 2.45) is 29.2 Å². The highest BCUT2D eigenvalue weighted by atomic mass is 16.2. The molecule has 5 atom stereocenters. The van der Waals surface area contributed by atoms with Gasteiger partial charge < -0.3 is 21.3 Å². The zero-order valence-electron chi connectivity index (χ0n) is 22.1. The number of carbonyl (C=O) groups is 2. The van der Waals surface area contributed by atoms with E-state index < -0.39 is 11.7 Å². The lowest BCUT2D eigenvalue weighted by Crippen LogP contribution is -2.54. The van der Waals surface area contributed by atoms with E-state index >= 15 is 0 Å². The van der Waals surface area contributed by atoms with Crippen molar-refractivity contribution >= 4 is 17.8 Å². The van der Waals surface area contributed by atoms with Gasteiger partial charge in [0.15, 0.2) is 0 Å². The third kappa shape index (κ3) is 5.45. The maximum Gasteiger partial charge on any atom is 0.354 e. The average Bonchev–Trinajstić information content (AvgIpc) is 3.38. The minimum absolute atomic E-state index is 0.123. The minimum atomic E-state index is -0.559. The van der Waals surface area contributed by atoms with Gasteiger partial charge in [0.1, 0.15) is 5.82 Å². The summed E-state index contributed by atoms with van der Waals surface area (Å²) in [5, 5.41) is 2.69. The molecular weight excluding hydrogens is 484 g/mol. The molecule has 3 amide bonds. The molecule has 38 heavy (non-hydrogen) atoms. The number of likely N-dealkylation sites (tertiary alicyclic amines) is 1. The monoisotopic (exact) mass is 522 g/mol. The van der Waals surface area contributed by atoms with Crippen LogP contribution < -0.4 is 22.5 Å². The largest absolute Gasteiger partial charge is 0.354 e. The Hall–Kier alpha value is -3.28. The zero-order valence-corrected chi connectivity index (χ0v) is 22.1. The van der Waals surface area contributed by atoms with Crippen molar-refractivity contribution in [3.05, 3.63) is 52.6 Å². The van der Waals surface area contributed by atoms with Gasteiger partial charge in [0.25, 0.3) is 0 Å². The van der Waals surface area contributed by atoms with E-state index in [4.69, 9.17) is 11.5 Å². The number of rotatable bonds is 7. The zero-order chi connectivity index (χ0) is 27.0. The molecule has 2 aromatic rings. The molecule has 5 rings (SSSR count). The van der Waals surface area contributed by atoms with Crippen LogP contribution in [0.2, 0.25) is 0 Å². The number of nitrogens with two attached hydrogens (primary N) is 2. The molecule has 0 radical (unpaired) electrons. The molecule has 0 spiro atoms. The molecule has 2 saturated heterocycles. The number of carbonyl (C=O) groups excluding carboxylic acids is 2. The number of piperidine rings is 1. The lowest BCUT2D eigenvalue weighted by atomic mass is 10.0. The van der Waals surface area contributed by atoms with Gasteiger partial charge in [0, 0.05) is 51.5 Å². The van der Waals surface area contributed by atoms with Gasteiger partial charge in [-0.2, -0.15) is 4.98 Å². The van der Waals surface area contributed by atoms with Crippen molar-refractivity contribution in [2.45, 2.75) is 32.4 Å². The topological polar surface area (TPSA) is 143 Å². The quantitative estimate of drug-likeness (QED) is 0.475. The summed E-state index contributed by atoms with van der Waals surface area (Å²) in [6, 6.07) is 9.14. The molecule has 204 valence electrons. The number of piperazine rings is 1. The van der Waals surface area contributed by atoms with Gasteiger partial charge in [-0.05, 0) is 68.3 Å². The van der Waals surface area contributed by atoms with Gasteiger partial charge >= 0.3 is 11.7 Å². The molecule has 5 N–H and O–H groups in total. The summed E-state index contributed by atoms with van der Waals surface area (Å²) in [5.74, 6) is 2.38. The van der Waals surface area contributed by atoms with Crippen molar-refractivity contribution in [1.29, 1.82) is 0 Å². The van der Waals surface area contributed by atoms with Gasteiger partial charge in [0.05, 0.1) is 11.7 Å². The molecular formula is C27H38N8O3. The first-order chi connectivity index (χ1) is 18.2. The predicted octanol–water partition coefficient (Wildman–Crippen LogP) is 0.323. The van der Waals surface area contributed by atoms with Crippen LogP contribution in [-0.4, -0.2) is 94.1 Å². The maximum atomic E-state index is 12.7. The SMILES string of the molecule is CC(N)C(=O)N1CCN(C(=O)Nc2ccn(-c3ccc(CC(C)N4C[C@@H]5[C@@H](CN)[C@@H]5C4)cc3)c(=O)n2)CC1. The van der Waals surface area contributed by atoms with Crippen molar-refractivity contribution in [2.75, 3.05) is 51.1 Å². The Morgan fingerprint density at radius 3 is 2.24 bits per heavy atom. The van der Waals surface area contributed by atoms with Crippen molar-refractivity contribution < 1.29 is 9.59 Å². The fraction of sp³-hybridized carbons (Fsp3) is 0.556. The fourth-order valence-corrected chi connectivity index (χ4v) is 5.93. The van der Waals surface area contributed by atoms with Crippen molar-refractivity contribution in [3.8, 4) is 5.69 Å². The number of anilines is 1. The first-order valence-corrected chi connectivity index (χ1v) is 13.5. The Kier molecular flexibility index (Phi) is 7.51. The summed E-state index contributed by atoms with van der Waals surface area (Å²) < 4.78 is 1.46. The lowest BCUT2D eigenvalue weighted by molar-refractivity contribution is -0.133. The number of urea groups is 1. The smallest absolute Gasteiger partial charge is 0.338 e. The third-order valence-electron chi connectivity index (χ3n) is 8.35. The molecule has 1 saturated carbocycles. The number of aromatic nitrogens is 2. The maximum absolute atomic E-state index is 12.7. The number of nitrogens with one attached hydrogen (secondary N) is 1. The molecule has 3 aliphatic rings. The van der Waals surface area contributed by atoms with E-state index in [0.717, 1.165) is 49.5 Å².